The summed E-state index contributed by atoms with van der Waals surface area (Å²) >= 11 is 0. The second-order valence-corrected chi connectivity index (χ2v) is 5.87. The van der Waals surface area contributed by atoms with E-state index in [0.29, 0.717) is 17.4 Å². The molecule has 1 heterocycles. The lowest BCUT2D eigenvalue weighted by Gasteiger charge is -2.34. The Balaban J connectivity index is 2.00. The molecular weight excluding hydrogens is 226 g/mol. The molecule has 1 aromatic rings. The first kappa shape index (κ1) is 13.1. The molecule has 0 atom stereocenters. The monoisotopic (exact) mass is 249 g/mol. The molecule has 1 fully saturated rings. The van der Waals surface area contributed by atoms with Crippen LogP contribution in [0.15, 0.2) is 6.07 Å². The topological polar surface area (TPSA) is 47.0 Å². The molecule has 1 saturated carbocycles. The Bertz CT molecular complexity index is 408. The Kier molecular flexibility index (Phi) is 3.73. The number of nitrogens with zero attached hydrogens (tertiary/aromatic N) is 2. The highest BCUT2D eigenvalue weighted by Crippen LogP contribution is 2.36. The molecule has 0 bridgehead atoms. The van der Waals surface area contributed by atoms with Crippen LogP contribution in [0.25, 0.3) is 0 Å². The first-order valence-corrected chi connectivity index (χ1v) is 6.69. The van der Waals surface area contributed by atoms with E-state index in [2.05, 4.69) is 29.1 Å². The quantitative estimate of drug-likeness (QED) is 0.893. The molecule has 100 valence electrons. The van der Waals surface area contributed by atoms with Crippen molar-refractivity contribution in [1.82, 2.24) is 9.97 Å². The molecular formula is C14H23N3O. The van der Waals surface area contributed by atoms with Gasteiger partial charge in [-0.15, -0.1) is 0 Å². The van der Waals surface area contributed by atoms with Gasteiger partial charge in [0.2, 0.25) is 5.88 Å². The molecule has 4 nitrogen and oxygen atoms in total. The van der Waals surface area contributed by atoms with Crippen molar-refractivity contribution in [2.75, 3.05) is 12.4 Å². The predicted molar refractivity (Wildman–Crippen MR) is 73.0 cm³/mol. The van der Waals surface area contributed by atoms with Crippen molar-refractivity contribution in [2.45, 2.75) is 52.6 Å². The second kappa shape index (κ2) is 5.12. The number of nitrogens with one attached hydrogen (secondary N) is 1. The van der Waals surface area contributed by atoms with E-state index in [1.54, 1.807) is 0 Å². The van der Waals surface area contributed by atoms with Crippen LogP contribution in [0.3, 0.4) is 0 Å². The third-order valence-electron chi connectivity index (χ3n) is 3.64. The fourth-order valence-electron chi connectivity index (χ4n) is 2.39. The van der Waals surface area contributed by atoms with Gasteiger partial charge < -0.3 is 10.1 Å². The fourth-order valence-corrected chi connectivity index (χ4v) is 2.39. The Morgan fingerprint density at radius 3 is 2.56 bits per heavy atom. The molecule has 0 radical (unpaired) electrons. The van der Waals surface area contributed by atoms with Crippen molar-refractivity contribution in [3.05, 3.63) is 11.9 Å². The smallest absolute Gasteiger partial charge is 0.218 e. The first-order valence-electron chi connectivity index (χ1n) is 6.69. The zero-order valence-electron chi connectivity index (χ0n) is 11.8. The van der Waals surface area contributed by atoms with Gasteiger partial charge >= 0.3 is 0 Å². The van der Waals surface area contributed by atoms with Gasteiger partial charge in [-0.25, -0.2) is 4.98 Å². The van der Waals surface area contributed by atoms with E-state index in [1.807, 2.05) is 20.0 Å². The summed E-state index contributed by atoms with van der Waals surface area (Å²) in [6.07, 6.45) is 4.98. The molecule has 0 aliphatic heterocycles. The summed E-state index contributed by atoms with van der Waals surface area (Å²) < 4.78 is 5.98. The highest BCUT2D eigenvalue weighted by atomic mass is 16.5. The van der Waals surface area contributed by atoms with Crippen molar-refractivity contribution in [2.24, 2.45) is 5.41 Å². The molecule has 0 amide bonds. The molecule has 1 aliphatic rings. The maximum atomic E-state index is 5.98. The van der Waals surface area contributed by atoms with Crippen molar-refractivity contribution in [3.63, 3.8) is 0 Å². The van der Waals surface area contributed by atoms with Gasteiger partial charge in [0.25, 0.3) is 0 Å². The predicted octanol–water partition coefficient (Wildman–Crippen LogP) is 3.17. The zero-order chi connectivity index (χ0) is 13.2. The van der Waals surface area contributed by atoms with Crippen LogP contribution < -0.4 is 10.1 Å². The number of aryl methyl sites for hydroxylation is 1. The van der Waals surface area contributed by atoms with Gasteiger partial charge in [0, 0.05) is 13.1 Å². The van der Waals surface area contributed by atoms with Crippen LogP contribution in [0.1, 0.15) is 45.4 Å². The van der Waals surface area contributed by atoms with Crippen LogP contribution in [-0.2, 0) is 0 Å². The molecule has 4 heteroatoms. The number of rotatable bonds is 3. The summed E-state index contributed by atoms with van der Waals surface area (Å²) in [6, 6.07) is 1.87. The largest absolute Gasteiger partial charge is 0.474 e. The molecule has 1 aliphatic carbocycles. The minimum atomic E-state index is 0.303. The van der Waals surface area contributed by atoms with E-state index >= 15 is 0 Å². The Labute approximate surface area is 109 Å². The molecule has 0 aromatic carbocycles. The van der Waals surface area contributed by atoms with Crippen LogP contribution in [0.4, 0.5) is 5.82 Å². The number of anilines is 1. The maximum absolute atomic E-state index is 5.98. The minimum absolute atomic E-state index is 0.303. The lowest BCUT2D eigenvalue weighted by Crippen LogP contribution is -2.28. The van der Waals surface area contributed by atoms with Crippen molar-refractivity contribution in [3.8, 4) is 5.88 Å². The number of ether oxygens (including phenoxy) is 1. The Morgan fingerprint density at radius 1 is 1.28 bits per heavy atom. The van der Waals surface area contributed by atoms with Gasteiger partial charge in [-0.1, -0.05) is 13.8 Å². The van der Waals surface area contributed by atoms with Crippen molar-refractivity contribution >= 4 is 5.82 Å². The van der Waals surface area contributed by atoms with E-state index in [4.69, 9.17) is 4.74 Å². The summed E-state index contributed by atoms with van der Waals surface area (Å²) in [5, 5.41) is 3.03. The van der Waals surface area contributed by atoms with E-state index < -0.39 is 0 Å². The molecule has 1 N–H and O–H groups in total. The minimum Gasteiger partial charge on any atom is -0.474 e. The van der Waals surface area contributed by atoms with Crippen molar-refractivity contribution in [1.29, 1.82) is 0 Å². The van der Waals surface area contributed by atoms with Gasteiger partial charge in [0.15, 0.2) is 0 Å². The first-order chi connectivity index (χ1) is 8.48. The molecule has 0 spiro atoms. The summed E-state index contributed by atoms with van der Waals surface area (Å²) in [6.45, 7) is 6.55. The second-order valence-electron chi connectivity index (χ2n) is 5.87. The van der Waals surface area contributed by atoms with E-state index in [9.17, 15) is 0 Å². The van der Waals surface area contributed by atoms with Gasteiger partial charge in [0.05, 0.1) is 0 Å². The third kappa shape index (κ3) is 3.34. The highest BCUT2D eigenvalue weighted by Gasteiger charge is 2.28. The third-order valence-corrected chi connectivity index (χ3v) is 3.64. The van der Waals surface area contributed by atoms with Gasteiger partial charge in [-0.2, -0.15) is 4.98 Å². The van der Waals surface area contributed by atoms with E-state index in [0.717, 1.165) is 24.5 Å². The summed E-state index contributed by atoms with van der Waals surface area (Å²) in [5.74, 6) is 2.25. The number of hydrogen-bond acceptors (Lipinski definition) is 4. The summed E-state index contributed by atoms with van der Waals surface area (Å²) in [7, 11) is 1.86. The molecule has 18 heavy (non-hydrogen) atoms. The van der Waals surface area contributed by atoms with Crippen molar-refractivity contribution < 1.29 is 4.74 Å². The molecule has 0 unspecified atom stereocenters. The van der Waals surface area contributed by atoms with Crippen LogP contribution >= 0.6 is 0 Å². The number of hydrogen-bond donors (Lipinski definition) is 1. The Hall–Kier alpha value is -1.32. The average molecular weight is 249 g/mol. The van der Waals surface area contributed by atoms with E-state index in [-0.39, 0.29) is 0 Å². The number of aromatic nitrogens is 2. The van der Waals surface area contributed by atoms with Gasteiger partial charge in [0.1, 0.15) is 17.7 Å². The molecule has 2 rings (SSSR count). The Morgan fingerprint density at radius 2 is 1.94 bits per heavy atom. The van der Waals surface area contributed by atoms with Gasteiger partial charge in [-0.3, -0.25) is 0 Å². The SMILES string of the molecule is CNc1cc(OC2CCC(C)(C)CC2)nc(C)n1. The maximum Gasteiger partial charge on any atom is 0.218 e. The van der Waals surface area contributed by atoms with E-state index in [1.165, 1.54) is 12.8 Å². The molecule has 0 saturated heterocycles. The zero-order valence-corrected chi connectivity index (χ0v) is 11.8. The lowest BCUT2D eigenvalue weighted by atomic mass is 9.76. The van der Waals surface area contributed by atoms with Gasteiger partial charge in [-0.05, 0) is 38.0 Å². The fraction of sp³-hybridized carbons (Fsp3) is 0.714. The normalized spacial score (nSPS) is 19.6. The highest BCUT2D eigenvalue weighted by molar-refractivity contribution is 5.37. The average Bonchev–Trinajstić information content (AvgIpc) is 2.31. The van der Waals surface area contributed by atoms with Crippen LogP contribution in [0.5, 0.6) is 5.88 Å². The summed E-state index contributed by atoms with van der Waals surface area (Å²) in [4.78, 5) is 8.61. The van der Waals surface area contributed by atoms with Crippen LogP contribution in [-0.4, -0.2) is 23.1 Å². The lowest BCUT2D eigenvalue weighted by molar-refractivity contribution is 0.0947. The standard InChI is InChI=1S/C14H23N3O/c1-10-16-12(15-4)9-13(17-10)18-11-5-7-14(2,3)8-6-11/h9,11H,5-8H2,1-4H3,(H,15,16,17). The van der Waals surface area contributed by atoms with Crippen LogP contribution in [0.2, 0.25) is 0 Å². The summed E-state index contributed by atoms with van der Waals surface area (Å²) in [5.41, 5.74) is 0.470. The molecule has 1 aromatic heterocycles. The van der Waals surface area contributed by atoms with Crippen LogP contribution in [0, 0.1) is 12.3 Å².